The van der Waals surface area contributed by atoms with Gasteiger partial charge in [0.1, 0.15) is 11.5 Å². The number of methoxy groups -OCH3 is 1. The number of carbonyl (C=O) groups excluding carboxylic acids is 1. The Balaban J connectivity index is 1.52. The van der Waals surface area contributed by atoms with Crippen LogP contribution in [0.3, 0.4) is 0 Å². The summed E-state index contributed by atoms with van der Waals surface area (Å²) in [6.07, 6.45) is 0. The molecule has 0 radical (unpaired) electrons. The Hall–Kier alpha value is -4.13. The van der Waals surface area contributed by atoms with Gasteiger partial charge in [-0.3, -0.25) is 4.79 Å². The van der Waals surface area contributed by atoms with Gasteiger partial charge in [0.05, 0.1) is 23.9 Å². The van der Waals surface area contributed by atoms with Gasteiger partial charge in [-0.2, -0.15) is 4.98 Å². The highest BCUT2D eigenvalue weighted by Gasteiger charge is 2.17. The number of nitrogens with one attached hydrogen (secondary N) is 1. The van der Waals surface area contributed by atoms with E-state index in [1.807, 2.05) is 54.6 Å². The SMILES string of the molecule is COc1ccccc1-c1noc(-c2ccccc2NC(=O)COc2ccccc2)n1. The van der Waals surface area contributed by atoms with Crippen molar-refractivity contribution >= 4 is 11.6 Å². The van der Waals surface area contributed by atoms with Crippen LogP contribution in [0.4, 0.5) is 5.69 Å². The van der Waals surface area contributed by atoms with Gasteiger partial charge in [0.25, 0.3) is 11.8 Å². The number of nitrogens with zero attached hydrogens (tertiary/aromatic N) is 2. The Morgan fingerprint density at radius 3 is 2.43 bits per heavy atom. The van der Waals surface area contributed by atoms with Crippen molar-refractivity contribution in [2.75, 3.05) is 19.0 Å². The Morgan fingerprint density at radius 1 is 0.933 bits per heavy atom. The van der Waals surface area contributed by atoms with Gasteiger partial charge in [0.15, 0.2) is 6.61 Å². The highest BCUT2D eigenvalue weighted by atomic mass is 16.5. The van der Waals surface area contributed by atoms with Crippen LogP contribution in [0, 0.1) is 0 Å². The maximum Gasteiger partial charge on any atom is 0.262 e. The number of hydrogen-bond acceptors (Lipinski definition) is 6. The summed E-state index contributed by atoms with van der Waals surface area (Å²) in [4.78, 5) is 16.8. The van der Waals surface area contributed by atoms with Gasteiger partial charge in [0, 0.05) is 0 Å². The van der Waals surface area contributed by atoms with E-state index in [1.165, 1.54) is 0 Å². The first-order valence-electron chi connectivity index (χ1n) is 9.29. The number of para-hydroxylation sites is 3. The highest BCUT2D eigenvalue weighted by Crippen LogP contribution is 2.31. The molecule has 0 spiro atoms. The van der Waals surface area contributed by atoms with Crippen molar-refractivity contribution in [3.8, 4) is 34.3 Å². The summed E-state index contributed by atoms with van der Waals surface area (Å²) in [5.74, 6) is 1.66. The summed E-state index contributed by atoms with van der Waals surface area (Å²) in [6.45, 7) is -0.116. The van der Waals surface area contributed by atoms with Crippen LogP contribution >= 0.6 is 0 Å². The monoisotopic (exact) mass is 401 g/mol. The van der Waals surface area contributed by atoms with Crippen LogP contribution in [-0.2, 0) is 4.79 Å². The fourth-order valence-electron chi connectivity index (χ4n) is 2.90. The summed E-state index contributed by atoms with van der Waals surface area (Å²) >= 11 is 0. The van der Waals surface area contributed by atoms with Crippen LogP contribution in [-0.4, -0.2) is 29.8 Å². The molecule has 0 bridgehead atoms. The lowest BCUT2D eigenvalue weighted by Crippen LogP contribution is -2.20. The van der Waals surface area contributed by atoms with Crippen LogP contribution < -0.4 is 14.8 Å². The minimum atomic E-state index is -0.296. The lowest BCUT2D eigenvalue weighted by atomic mass is 10.1. The first-order valence-corrected chi connectivity index (χ1v) is 9.29. The fraction of sp³-hybridized carbons (Fsp3) is 0.0870. The van der Waals surface area contributed by atoms with Gasteiger partial charge < -0.3 is 19.3 Å². The minimum absolute atomic E-state index is 0.116. The molecule has 4 rings (SSSR count). The number of rotatable bonds is 7. The maximum absolute atomic E-state index is 12.4. The fourth-order valence-corrected chi connectivity index (χ4v) is 2.90. The molecule has 0 atom stereocenters. The zero-order valence-corrected chi connectivity index (χ0v) is 16.2. The third-order valence-electron chi connectivity index (χ3n) is 4.32. The lowest BCUT2D eigenvalue weighted by Gasteiger charge is -2.09. The molecule has 4 aromatic rings. The molecule has 1 aromatic heterocycles. The molecule has 0 fully saturated rings. The number of anilines is 1. The molecule has 1 N–H and O–H groups in total. The molecule has 3 aromatic carbocycles. The second kappa shape index (κ2) is 8.91. The molecule has 7 heteroatoms. The van der Waals surface area contributed by atoms with Crippen molar-refractivity contribution in [3.05, 3.63) is 78.9 Å². The van der Waals surface area contributed by atoms with E-state index in [0.29, 0.717) is 34.1 Å². The zero-order chi connectivity index (χ0) is 20.8. The Labute approximate surface area is 173 Å². The lowest BCUT2D eigenvalue weighted by molar-refractivity contribution is -0.118. The summed E-state index contributed by atoms with van der Waals surface area (Å²) in [5.41, 5.74) is 1.88. The van der Waals surface area contributed by atoms with E-state index in [0.717, 1.165) is 0 Å². The number of carbonyl (C=O) groups is 1. The van der Waals surface area contributed by atoms with Crippen molar-refractivity contribution in [2.24, 2.45) is 0 Å². The Morgan fingerprint density at radius 2 is 1.63 bits per heavy atom. The van der Waals surface area contributed by atoms with Crippen LogP contribution in [0.5, 0.6) is 11.5 Å². The van der Waals surface area contributed by atoms with Gasteiger partial charge >= 0.3 is 0 Å². The second-order valence-corrected chi connectivity index (χ2v) is 6.32. The molecule has 0 aliphatic carbocycles. The molecular weight excluding hydrogens is 382 g/mol. The molecule has 0 aliphatic rings. The van der Waals surface area contributed by atoms with Gasteiger partial charge in [-0.15, -0.1) is 0 Å². The van der Waals surface area contributed by atoms with Crippen LogP contribution in [0.25, 0.3) is 22.8 Å². The van der Waals surface area contributed by atoms with Crippen molar-refractivity contribution < 1.29 is 18.8 Å². The Bertz CT molecular complexity index is 1140. The van der Waals surface area contributed by atoms with E-state index in [-0.39, 0.29) is 18.4 Å². The van der Waals surface area contributed by atoms with E-state index in [9.17, 15) is 4.79 Å². The molecule has 7 nitrogen and oxygen atoms in total. The molecule has 1 heterocycles. The molecule has 0 saturated carbocycles. The van der Waals surface area contributed by atoms with Gasteiger partial charge in [-0.05, 0) is 36.4 Å². The van der Waals surface area contributed by atoms with E-state index < -0.39 is 0 Å². The van der Waals surface area contributed by atoms with Crippen LogP contribution in [0.2, 0.25) is 0 Å². The van der Waals surface area contributed by atoms with Gasteiger partial charge in [-0.1, -0.05) is 47.6 Å². The maximum atomic E-state index is 12.4. The predicted octanol–water partition coefficient (Wildman–Crippen LogP) is 4.43. The molecular formula is C23H19N3O4. The minimum Gasteiger partial charge on any atom is -0.496 e. The van der Waals surface area contributed by atoms with Crippen LogP contribution in [0.15, 0.2) is 83.4 Å². The first-order chi connectivity index (χ1) is 14.7. The van der Waals surface area contributed by atoms with E-state index in [1.54, 1.807) is 31.4 Å². The number of amides is 1. The molecule has 0 unspecified atom stereocenters. The van der Waals surface area contributed by atoms with Crippen LogP contribution in [0.1, 0.15) is 0 Å². The van der Waals surface area contributed by atoms with Crippen molar-refractivity contribution in [2.45, 2.75) is 0 Å². The Kier molecular flexibility index (Phi) is 5.70. The largest absolute Gasteiger partial charge is 0.496 e. The average Bonchev–Trinajstić information content (AvgIpc) is 3.28. The summed E-state index contributed by atoms with van der Waals surface area (Å²) in [5, 5.41) is 6.90. The van der Waals surface area contributed by atoms with Gasteiger partial charge in [-0.25, -0.2) is 0 Å². The predicted molar refractivity (Wildman–Crippen MR) is 112 cm³/mol. The third kappa shape index (κ3) is 4.30. The molecule has 150 valence electrons. The molecule has 1 amide bonds. The second-order valence-electron chi connectivity index (χ2n) is 6.32. The van der Waals surface area contributed by atoms with Crippen molar-refractivity contribution in [3.63, 3.8) is 0 Å². The molecule has 0 aliphatic heterocycles. The van der Waals surface area contributed by atoms with Gasteiger partial charge in [0.2, 0.25) is 5.82 Å². The summed E-state index contributed by atoms with van der Waals surface area (Å²) in [7, 11) is 1.59. The van der Waals surface area contributed by atoms with Crippen molar-refractivity contribution in [1.82, 2.24) is 10.1 Å². The van der Waals surface area contributed by atoms with E-state index in [2.05, 4.69) is 15.5 Å². The number of benzene rings is 3. The summed E-state index contributed by atoms with van der Waals surface area (Å²) < 4.78 is 16.3. The summed E-state index contributed by atoms with van der Waals surface area (Å²) in [6, 6.07) is 23.8. The standard InChI is InChI=1S/C23H19N3O4/c1-28-20-14-8-6-12-18(20)22-25-23(30-26-22)17-11-5-7-13-19(17)24-21(27)15-29-16-9-3-2-4-10-16/h2-14H,15H2,1H3,(H,24,27). The quantitative estimate of drug-likeness (QED) is 0.493. The third-order valence-corrected chi connectivity index (χ3v) is 4.32. The van der Waals surface area contributed by atoms with E-state index in [4.69, 9.17) is 14.0 Å². The smallest absolute Gasteiger partial charge is 0.262 e. The number of hydrogen-bond donors (Lipinski definition) is 1. The zero-order valence-electron chi connectivity index (χ0n) is 16.2. The molecule has 0 saturated heterocycles. The number of ether oxygens (including phenoxy) is 2. The topological polar surface area (TPSA) is 86.5 Å². The van der Waals surface area contributed by atoms with Crippen molar-refractivity contribution in [1.29, 1.82) is 0 Å². The average molecular weight is 401 g/mol. The normalized spacial score (nSPS) is 10.4. The highest BCUT2D eigenvalue weighted by molar-refractivity contribution is 5.95. The van der Waals surface area contributed by atoms with E-state index >= 15 is 0 Å². The first kappa shape index (κ1) is 19.2. The number of aromatic nitrogens is 2. The molecule has 30 heavy (non-hydrogen) atoms.